The predicted octanol–water partition coefficient (Wildman–Crippen LogP) is 5.16. The van der Waals surface area contributed by atoms with Crippen LogP contribution in [-0.4, -0.2) is 12.6 Å². The van der Waals surface area contributed by atoms with Crippen LogP contribution in [0.15, 0.2) is 30.3 Å². The molecule has 4 saturated carbocycles. The maximum atomic E-state index is 12.2. The van der Waals surface area contributed by atoms with Gasteiger partial charge in [-0.05, 0) is 68.3 Å². The van der Waals surface area contributed by atoms with E-state index in [-0.39, 0.29) is 5.97 Å². The van der Waals surface area contributed by atoms with Crippen molar-refractivity contribution in [3.8, 4) is 0 Å². The van der Waals surface area contributed by atoms with Gasteiger partial charge >= 0.3 is 5.97 Å². The van der Waals surface area contributed by atoms with Gasteiger partial charge in [-0.2, -0.15) is 0 Å². The van der Waals surface area contributed by atoms with Crippen LogP contribution < -0.4 is 0 Å². The van der Waals surface area contributed by atoms with Crippen molar-refractivity contribution in [3.63, 3.8) is 0 Å². The van der Waals surface area contributed by atoms with Crippen molar-refractivity contribution >= 4 is 5.97 Å². The number of ether oxygens (including phenoxy) is 1. The van der Waals surface area contributed by atoms with Crippen LogP contribution in [-0.2, 0) is 16.0 Å². The second kappa shape index (κ2) is 6.90. The molecule has 0 saturated heterocycles. The summed E-state index contributed by atoms with van der Waals surface area (Å²) < 4.78 is 5.80. The SMILES string of the molecule is O=C(CCc1ccccc1)OCC12CCCC(CC3CC(C3)C1)C2. The Morgan fingerprint density at radius 3 is 2.62 bits per heavy atom. The van der Waals surface area contributed by atoms with Crippen molar-refractivity contribution in [3.05, 3.63) is 35.9 Å². The Morgan fingerprint density at radius 2 is 1.79 bits per heavy atom. The number of esters is 1. The molecule has 1 aromatic rings. The largest absolute Gasteiger partial charge is 0.465 e. The third-order valence-corrected chi connectivity index (χ3v) is 6.76. The number of aryl methyl sites for hydroxylation is 1. The molecule has 0 aliphatic heterocycles. The quantitative estimate of drug-likeness (QED) is 0.699. The molecule has 2 atom stereocenters. The first-order valence-electron chi connectivity index (χ1n) is 9.90. The maximum Gasteiger partial charge on any atom is 0.306 e. The normalized spacial score (nSPS) is 34.6. The first-order chi connectivity index (χ1) is 11.7. The third kappa shape index (κ3) is 3.68. The lowest BCUT2D eigenvalue weighted by Gasteiger charge is -2.51. The van der Waals surface area contributed by atoms with Crippen LogP contribution in [0.2, 0.25) is 0 Å². The summed E-state index contributed by atoms with van der Waals surface area (Å²) in [5.41, 5.74) is 1.53. The highest BCUT2D eigenvalue weighted by molar-refractivity contribution is 5.69. The van der Waals surface area contributed by atoms with E-state index in [9.17, 15) is 4.79 Å². The van der Waals surface area contributed by atoms with E-state index in [1.54, 1.807) is 0 Å². The fourth-order valence-electron chi connectivity index (χ4n) is 5.67. The van der Waals surface area contributed by atoms with Crippen molar-refractivity contribution in [2.45, 2.75) is 64.2 Å². The number of carbonyl (C=O) groups is 1. The fourth-order valence-corrected chi connectivity index (χ4v) is 5.67. The minimum Gasteiger partial charge on any atom is -0.465 e. The molecule has 4 aliphatic carbocycles. The summed E-state index contributed by atoms with van der Waals surface area (Å²) >= 11 is 0. The van der Waals surface area contributed by atoms with Crippen molar-refractivity contribution in [2.24, 2.45) is 23.2 Å². The Hall–Kier alpha value is -1.31. The lowest BCUT2D eigenvalue weighted by Crippen LogP contribution is -2.42. The molecular formula is C22H30O2. The monoisotopic (exact) mass is 326 g/mol. The van der Waals surface area contributed by atoms with E-state index in [0.717, 1.165) is 24.2 Å². The van der Waals surface area contributed by atoms with E-state index in [4.69, 9.17) is 4.74 Å². The van der Waals surface area contributed by atoms with E-state index in [1.165, 1.54) is 56.9 Å². The molecule has 4 bridgehead atoms. The van der Waals surface area contributed by atoms with Crippen LogP contribution in [0.25, 0.3) is 0 Å². The summed E-state index contributed by atoms with van der Waals surface area (Å²) in [4.78, 5) is 12.2. The summed E-state index contributed by atoms with van der Waals surface area (Å²) in [6.45, 7) is 0.679. The summed E-state index contributed by atoms with van der Waals surface area (Å²) in [6.07, 6.45) is 12.3. The van der Waals surface area contributed by atoms with E-state index < -0.39 is 0 Å². The van der Waals surface area contributed by atoms with Gasteiger partial charge < -0.3 is 4.74 Å². The minimum atomic E-state index is -0.0103. The Balaban J connectivity index is 1.31. The lowest BCUT2D eigenvalue weighted by molar-refractivity contribution is -0.150. The van der Waals surface area contributed by atoms with Crippen molar-refractivity contribution < 1.29 is 9.53 Å². The van der Waals surface area contributed by atoms with Gasteiger partial charge in [-0.1, -0.05) is 43.2 Å². The Bertz CT molecular complexity index is 557. The standard InChI is InChI=1S/C22H30O2/c23-21(9-8-17-5-2-1-3-6-17)24-16-22-10-4-7-18(14-22)11-19-12-20(13-19)15-22/h1-3,5-6,18-20H,4,7-16H2. The zero-order chi connectivity index (χ0) is 16.4. The van der Waals surface area contributed by atoms with Gasteiger partial charge in [0.25, 0.3) is 0 Å². The third-order valence-electron chi connectivity index (χ3n) is 6.76. The topological polar surface area (TPSA) is 26.3 Å². The lowest BCUT2D eigenvalue weighted by atomic mass is 9.55. The van der Waals surface area contributed by atoms with E-state index in [0.29, 0.717) is 18.4 Å². The van der Waals surface area contributed by atoms with Crippen LogP contribution in [0.4, 0.5) is 0 Å². The van der Waals surface area contributed by atoms with Gasteiger partial charge in [-0.25, -0.2) is 0 Å². The van der Waals surface area contributed by atoms with Crippen LogP contribution in [0.5, 0.6) is 0 Å². The van der Waals surface area contributed by atoms with E-state index in [1.807, 2.05) is 18.2 Å². The van der Waals surface area contributed by atoms with Crippen LogP contribution >= 0.6 is 0 Å². The van der Waals surface area contributed by atoms with E-state index in [2.05, 4.69) is 12.1 Å². The van der Waals surface area contributed by atoms with Gasteiger partial charge in [0.2, 0.25) is 0 Å². The summed E-state index contributed by atoms with van der Waals surface area (Å²) in [5, 5.41) is 0. The average Bonchev–Trinajstić information content (AvgIpc) is 2.56. The Kier molecular flexibility index (Phi) is 4.65. The molecular weight excluding hydrogens is 296 g/mol. The first-order valence-corrected chi connectivity index (χ1v) is 9.90. The highest BCUT2D eigenvalue weighted by atomic mass is 16.5. The molecule has 0 amide bonds. The summed E-state index contributed by atoms with van der Waals surface area (Å²) in [5.74, 6) is 2.82. The molecule has 2 nitrogen and oxygen atoms in total. The van der Waals surface area contributed by atoms with Gasteiger partial charge in [-0.3, -0.25) is 4.79 Å². The van der Waals surface area contributed by atoms with E-state index >= 15 is 0 Å². The summed E-state index contributed by atoms with van der Waals surface area (Å²) in [6, 6.07) is 10.2. The molecule has 24 heavy (non-hydrogen) atoms. The van der Waals surface area contributed by atoms with Crippen molar-refractivity contribution in [2.75, 3.05) is 6.61 Å². The molecule has 2 heteroatoms. The van der Waals surface area contributed by atoms with Gasteiger partial charge in [0.05, 0.1) is 6.61 Å². The van der Waals surface area contributed by atoms with Crippen LogP contribution in [0, 0.1) is 23.2 Å². The molecule has 1 aromatic carbocycles. The van der Waals surface area contributed by atoms with Gasteiger partial charge in [0, 0.05) is 11.8 Å². The number of hydrogen-bond donors (Lipinski definition) is 0. The second-order valence-electron chi connectivity index (χ2n) is 8.75. The van der Waals surface area contributed by atoms with Gasteiger partial charge in [0.15, 0.2) is 0 Å². The number of benzene rings is 1. The molecule has 4 fully saturated rings. The molecule has 0 N–H and O–H groups in total. The highest BCUT2D eigenvalue weighted by Crippen LogP contribution is 2.55. The van der Waals surface area contributed by atoms with Gasteiger partial charge in [-0.15, -0.1) is 0 Å². The minimum absolute atomic E-state index is 0.0103. The van der Waals surface area contributed by atoms with Crippen LogP contribution in [0.1, 0.15) is 63.4 Å². The Labute approximate surface area is 146 Å². The molecule has 0 aromatic heterocycles. The molecule has 0 spiro atoms. The first kappa shape index (κ1) is 16.2. The Morgan fingerprint density at radius 1 is 1.04 bits per heavy atom. The highest BCUT2D eigenvalue weighted by Gasteiger charge is 2.46. The summed E-state index contributed by atoms with van der Waals surface area (Å²) in [7, 11) is 0. The van der Waals surface area contributed by atoms with Crippen LogP contribution in [0.3, 0.4) is 0 Å². The van der Waals surface area contributed by atoms with Crippen molar-refractivity contribution in [1.82, 2.24) is 0 Å². The van der Waals surface area contributed by atoms with Crippen molar-refractivity contribution in [1.29, 1.82) is 0 Å². The maximum absolute atomic E-state index is 12.2. The van der Waals surface area contributed by atoms with Gasteiger partial charge in [0.1, 0.15) is 0 Å². The second-order valence-corrected chi connectivity index (χ2v) is 8.75. The molecule has 0 heterocycles. The zero-order valence-corrected chi connectivity index (χ0v) is 14.7. The molecule has 4 aliphatic rings. The molecule has 0 radical (unpaired) electrons. The zero-order valence-electron chi connectivity index (χ0n) is 14.7. The average molecular weight is 326 g/mol. The molecule has 130 valence electrons. The molecule has 5 rings (SSSR count). The fraction of sp³-hybridized carbons (Fsp3) is 0.682. The number of rotatable bonds is 5. The number of carbonyl (C=O) groups excluding carboxylic acids is 1. The molecule has 2 unspecified atom stereocenters. The predicted molar refractivity (Wildman–Crippen MR) is 95.6 cm³/mol. The number of hydrogen-bond acceptors (Lipinski definition) is 2. The smallest absolute Gasteiger partial charge is 0.306 e.